The van der Waals surface area contributed by atoms with Crippen LogP contribution in [0.1, 0.15) is 49.1 Å². The van der Waals surface area contributed by atoms with Gasteiger partial charge < -0.3 is 0 Å². The van der Waals surface area contributed by atoms with Crippen molar-refractivity contribution in [2.45, 2.75) is 50.4 Å². The summed E-state index contributed by atoms with van der Waals surface area (Å²) in [4.78, 5) is 3.18. The van der Waals surface area contributed by atoms with Crippen LogP contribution in [0, 0.1) is 0 Å². The van der Waals surface area contributed by atoms with E-state index < -0.39 is 0 Å². The molecular weight excluding hydrogens is 286 g/mol. The van der Waals surface area contributed by atoms with Gasteiger partial charge in [0, 0.05) is 6.04 Å². The Balaban J connectivity index is 2.16. The third kappa shape index (κ3) is 2.97. The average molecular weight is 310 g/mol. The third-order valence-corrected chi connectivity index (χ3v) is 4.99. The Labute approximate surface area is 120 Å². The molecule has 1 aromatic carbocycles. The molecule has 0 saturated carbocycles. The first kappa shape index (κ1) is 14.1. The van der Waals surface area contributed by atoms with Crippen LogP contribution in [-0.4, -0.2) is 24.0 Å². The first-order valence-corrected chi connectivity index (χ1v) is 8.15. The summed E-state index contributed by atoms with van der Waals surface area (Å²) in [6.45, 7) is 7.01. The lowest BCUT2D eigenvalue weighted by atomic mass is 9.87. The van der Waals surface area contributed by atoms with Crippen molar-refractivity contribution >= 4 is 15.9 Å². The second-order valence-corrected chi connectivity index (χ2v) is 6.23. The molecule has 1 aromatic rings. The van der Waals surface area contributed by atoms with Gasteiger partial charge >= 0.3 is 0 Å². The van der Waals surface area contributed by atoms with Crippen LogP contribution in [0.3, 0.4) is 0 Å². The minimum atomic E-state index is 0.501. The van der Waals surface area contributed by atoms with Crippen LogP contribution < -0.4 is 0 Å². The van der Waals surface area contributed by atoms with Gasteiger partial charge in [0.1, 0.15) is 0 Å². The van der Waals surface area contributed by atoms with Crippen LogP contribution in [0.15, 0.2) is 24.3 Å². The van der Waals surface area contributed by atoms with E-state index >= 15 is 0 Å². The summed E-state index contributed by atoms with van der Waals surface area (Å²) in [5.74, 6) is 0. The molecule has 1 nitrogen and oxygen atoms in total. The zero-order valence-corrected chi connectivity index (χ0v) is 13.1. The van der Waals surface area contributed by atoms with Gasteiger partial charge in [-0.05, 0) is 49.9 Å². The fraction of sp³-hybridized carbons (Fsp3) is 0.625. The van der Waals surface area contributed by atoms with Crippen molar-refractivity contribution in [3.63, 3.8) is 0 Å². The number of halogens is 1. The number of fused-ring (bicyclic) bond motifs is 1. The molecule has 0 heterocycles. The van der Waals surface area contributed by atoms with E-state index in [1.165, 1.54) is 49.9 Å². The first-order chi connectivity index (χ1) is 8.77. The van der Waals surface area contributed by atoms with E-state index in [4.69, 9.17) is 0 Å². The lowest BCUT2D eigenvalue weighted by Crippen LogP contribution is -2.41. The quantitative estimate of drug-likeness (QED) is 0.721. The molecule has 0 bridgehead atoms. The lowest BCUT2D eigenvalue weighted by Gasteiger charge is -2.38. The Hall–Kier alpha value is -0.340. The van der Waals surface area contributed by atoms with Crippen molar-refractivity contribution in [2.75, 3.05) is 13.1 Å². The molecule has 0 saturated heterocycles. The number of nitrogens with zero attached hydrogens (tertiary/aromatic N) is 1. The minimum absolute atomic E-state index is 0.501. The maximum atomic E-state index is 3.95. The lowest BCUT2D eigenvalue weighted by molar-refractivity contribution is 0.179. The molecule has 0 radical (unpaired) electrons. The minimum Gasteiger partial charge on any atom is -0.299 e. The SMILES string of the molecule is CCCN(CCC)C1CCc2ccccc2C1Br. The molecule has 0 amide bonds. The van der Waals surface area contributed by atoms with Gasteiger partial charge in [-0.1, -0.05) is 54.0 Å². The van der Waals surface area contributed by atoms with Gasteiger partial charge in [-0.3, -0.25) is 4.90 Å². The highest BCUT2D eigenvalue weighted by Crippen LogP contribution is 2.38. The van der Waals surface area contributed by atoms with Gasteiger partial charge in [-0.2, -0.15) is 0 Å². The number of hydrogen-bond donors (Lipinski definition) is 0. The Bertz CT molecular complexity index is 371. The molecule has 2 atom stereocenters. The molecule has 1 aliphatic carbocycles. The summed E-state index contributed by atoms with van der Waals surface area (Å²) in [7, 11) is 0. The summed E-state index contributed by atoms with van der Waals surface area (Å²) < 4.78 is 0. The van der Waals surface area contributed by atoms with E-state index in [9.17, 15) is 0 Å². The Kier molecular flexibility index (Phi) is 5.25. The zero-order valence-electron chi connectivity index (χ0n) is 11.5. The van der Waals surface area contributed by atoms with Gasteiger partial charge in [0.25, 0.3) is 0 Å². The van der Waals surface area contributed by atoms with Crippen LogP contribution in [0.4, 0.5) is 0 Å². The van der Waals surface area contributed by atoms with Crippen molar-refractivity contribution in [2.24, 2.45) is 0 Å². The fourth-order valence-electron chi connectivity index (χ4n) is 3.07. The van der Waals surface area contributed by atoms with Crippen molar-refractivity contribution < 1.29 is 0 Å². The molecule has 2 rings (SSSR count). The zero-order chi connectivity index (χ0) is 13.0. The molecule has 100 valence electrons. The summed E-state index contributed by atoms with van der Waals surface area (Å²) in [6, 6.07) is 9.56. The summed E-state index contributed by atoms with van der Waals surface area (Å²) in [5, 5.41) is 0. The van der Waals surface area contributed by atoms with E-state index in [0.717, 1.165) is 0 Å². The van der Waals surface area contributed by atoms with Crippen molar-refractivity contribution in [1.29, 1.82) is 0 Å². The van der Waals surface area contributed by atoms with Crippen molar-refractivity contribution in [3.8, 4) is 0 Å². The second-order valence-electron chi connectivity index (χ2n) is 5.24. The largest absolute Gasteiger partial charge is 0.299 e. The van der Waals surface area contributed by atoms with E-state index in [2.05, 4.69) is 58.9 Å². The van der Waals surface area contributed by atoms with Crippen LogP contribution in [0.25, 0.3) is 0 Å². The normalized spacial score (nSPS) is 23.1. The predicted molar refractivity (Wildman–Crippen MR) is 82.4 cm³/mol. The Morgan fingerprint density at radius 2 is 1.83 bits per heavy atom. The smallest absolute Gasteiger partial charge is 0.0553 e. The van der Waals surface area contributed by atoms with E-state index in [1.807, 2.05) is 0 Å². The van der Waals surface area contributed by atoms with Crippen LogP contribution in [-0.2, 0) is 6.42 Å². The monoisotopic (exact) mass is 309 g/mol. The predicted octanol–water partition coefficient (Wildman–Crippen LogP) is 4.56. The molecular formula is C16H24BrN. The van der Waals surface area contributed by atoms with Crippen LogP contribution in [0.5, 0.6) is 0 Å². The molecule has 18 heavy (non-hydrogen) atoms. The number of benzene rings is 1. The molecule has 0 aromatic heterocycles. The highest BCUT2D eigenvalue weighted by molar-refractivity contribution is 9.09. The second kappa shape index (κ2) is 6.72. The summed E-state index contributed by atoms with van der Waals surface area (Å²) in [5.41, 5.74) is 3.04. The number of alkyl halides is 1. The van der Waals surface area contributed by atoms with E-state index in [0.29, 0.717) is 10.9 Å². The van der Waals surface area contributed by atoms with Crippen molar-refractivity contribution in [3.05, 3.63) is 35.4 Å². The first-order valence-electron chi connectivity index (χ1n) is 7.23. The number of rotatable bonds is 5. The highest BCUT2D eigenvalue weighted by atomic mass is 79.9. The molecule has 1 aliphatic rings. The van der Waals surface area contributed by atoms with Gasteiger partial charge in [0.2, 0.25) is 0 Å². The maximum absolute atomic E-state index is 3.95. The average Bonchev–Trinajstić information content (AvgIpc) is 2.39. The molecule has 0 N–H and O–H groups in total. The molecule has 2 unspecified atom stereocenters. The molecule has 2 heteroatoms. The van der Waals surface area contributed by atoms with Crippen LogP contribution >= 0.6 is 15.9 Å². The highest BCUT2D eigenvalue weighted by Gasteiger charge is 2.30. The summed E-state index contributed by atoms with van der Waals surface area (Å²) >= 11 is 3.95. The topological polar surface area (TPSA) is 3.24 Å². The molecule has 0 spiro atoms. The molecule has 0 aliphatic heterocycles. The maximum Gasteiger partial charge on any atom is 0.0553 e. The summed E-state index contributed by atoms with van der Waals surface area (Å²) in [6.07, 6.45) is 5.01. The van der Waals surface area contributed by atoms with E-state index in [-0.39, 0.29) is 0 Å². The standard InChI is InChI=1S/C16H24BrN/c1-3-11-18(12-4-2)15-10-9-13-7-5-6-8-14(13)16(15)17/h5-8,15-16H,3-4,9-12H2,1-2H3. The van der Waals surface area contributed by atoms with Gasteiger partial charge in [0.05, 0.1) is 4.83 Å². The number of aryl methyl sites for hydroxylation is 1. The van der Waals surface area contributed by atoms with Crippen molar-refractivity contribution in [1.82, 2.24) is 4.90 Å². The molecule has 0 fully saturated rings. The van der Waals surface area contributed by atoms with Gasteiger partial charge in [-0.25, -0.2) is 0 Å². The van der Waals surface area contributed by atoms with E-state index in [1.54, 1.807) is 0 Å². The third-order valence-electron chi connectivity index (χ3n) is 3.89. The van der Waals surface area contributed by atoms with Crippen LogP contribution in [0.2, 0.25) is 0 Å². The fourth-order valence-corrected chi connectivity index (χ4v) is 4.12. The van der Waals surface area contributed by atoms with Gasteiger partial charge in [-0.15, -0.1) is 0 Å². The number of hydrogen-bond acceptors (Lipinski definition) is 1. The van der Waals surface area contributed by atoms with Gasteiger partial charge in [0.15, 0.2) is 0 Å². The Morgan fingerprint density at radius 1 is 1.17 bits per heavy atom. The Morgan fingerprint density at radius 3 is 2.50 bits per heavy atom.